The van der Waals surface area contributed by atoms with Crippen LogP contribution in [0.1, 0.15) is 32.6 Å². The Morgan fingerprint density at radius 3 is 2.85 bits per heavy atom. The number of rotatable bonds is 2. The maximum atomic E-state index is 11.7. The molecule has 2 aliphatic heterocycles. The lowest BCUT2D eigenvalue weighted by atomic mass is 9.84. The van der Waals surface area contributed by atoms with Crippen molar-refractivity contribution in [2.24, 2.45) is 0 Å². The molecular weight excluding hydrogens is 166 g/mol. The lowest BCUT2D eigenvalue weighted by Gasteiger charge is -2.52. The SMILES string of the molecule is CCCN1C(=O)CCCC12COC2. The van der Waals surface area contributed by atoms with Gasteiger partial charge in [-0.05, 0) is 19.3 Å². The van der Waals surface area contributed by atoms with Gasteiger partial charge in [0.1, 0.15) is 0 Å². The summed E-state index contributed by atoms with van der Waals surface area (Å²) < 4.78 is 5.25. The van der Waals surface area contributed by atoms with Gasteiger partial charge in [-0.25, -0.2) is 0 Å². The standard InChI is InChI=1S/C10H17NO2/c1-2-6-11-9(12)4-3-5-10(11)7-13-8-10/h2-8H2,1H3. The molecule has 3 heteroatoms. The van der Waals surface area contributed by atoms with Gasteiger partial charge in [-0.15, -0.1) is 0 Å². The van der Waals surface area contributed by atoms with Crippen molar-refractivity contribution in [3.63, 3.8) is 0 Å². The zero-order chi connectivity index (χ0) is 9.31. The highest BCUT2D eigenvalue weighted by Gasteiger charge is 2.47. The summed E-state index contributed by atoms with van der Waals surface area (Å²) in [5.41, 5.74) is 0.103. The minimum atomic E-state index is 0.103. The molecule has 0 aromatic carbocycles. The Balaban J connectivity index is 2.09. The fraction of sp³-hybridized carbons (Fsp3) is 0.900. The Labute approximate surface area is 79.0 Å². The minimum absolute atomic E-state index is 0.103. The summed E-state index contributed by atoms with van der Waals surface area (Å²) in [4.78, 5) is 13.7. The topological polar surface area (TPSA) is 29.5 Å². The minimum Gasteiger partial charge on any atom is -0.376 e. The fourth-order valence-corrected chi connectivity index (χ4v) is 2.33. The third-order valence-electron chi connectivity index (χ3n) is 3.10. The highest BCUT2D eigenvalue weighted by molar-refractivity contribution is 5.78. The van der Waals surface area contributed by atoms with Crippen LogP contribution in [0.5, 0.6) is 0 Å². The summed E-state index contributed by atoms with van der Waals surface area (Å²) in [6.45, 7) is 4.55. The molecule has 0 bridgehead atoms. The predicted molar refractivity (Wildman–Crippen MR) is 49.4 cm³/mol. The summed E-state index contributed by atoms with van der Waals surface area (Å²) in [7, 11) is 0. The smallest absolute Gasteiger partial charge is 0.223 e. The van der Waals surface area contributed by atoms with E-state index in [1.54, 1.807) is 0 Å². The van der Waals surface area contributed by atoms with E-state index in [0.717, 1.165) is 45.4 Å². The van der Waals surface area contributed by atoms with Gasteiger partial charge in [0.05, 0.1) is 18.8 Å². The van der Waals surface area contributed by atoms with Crippen molar-refractivity contribution in [1.82, 2.24) is 4.90 Å². The quantitative estimate of drug-likeness (QED) is 0.643. The number of piperidine rings is 1. The van der Waals surface area contributed by atoms with Gasteiger partial charge in [0, 0.05) is 13.0 Å². The maximum Gasteiger partial charge on any atom is 0.223 e. The third kappa shape index (κ3) is 1.35. The number of hydrogen-bond donors (Lipinski definition) is 0. The van der Waals surface area contributed by atoms with Gasteiger partial charge in [0.15, 0.2) is 0 Å². The first-order chi connectivity index (χ1) is 6.28. The van der Waals surface area contributed by atoms with Crippen LogP contribution in [-0.2, 0) is 9.53 Å². The molecule has 0 atom stereocenters. The number of nitrogens with zero attached hydrogens (tertiary/aromatic N) is 1. The first-order valence-corrected chi connectivity index (χ1v) is 5.17. The zero-order valence-corrected chi connectivity index (χ0v) is 8.21. The lowest BCUT2D eigenvalue weighted by Crippen LogP contribution is -2.65. The normalized spacial score (nSPS) is 26.2. The summed E-state index contributed by atoms with van der Waals surface area (Å²) in [5.74, 6) is 0.330. The van der Waals surface area contributed by atoms with Crippen LogP contribution in [-0.4, -0.2) is 36.1 Å². The lowest BCUT2D eigenvalue weighted by molar-refractivity contribution is -0.177. The second kappa shape index (κ2) is 3.29. The Kier molecular flexibility index (Phi) is 2.28. The average molecular weight is 183 g/mol. The molecule has 2 fully saturated rings. The monoisotopic (exact) mass is 183 g/mol. The van der Waals surface area contributed by atoms with E-state index in [1.165, 1.54) is 0 Å². The van der Waals surface area contributed by atoms with Crippen molar-refractivity contribution in [1.29, 1.82) is 0 Å². The molecule has 74 valence electrons. The Hall–Kier alpha value is -0.570. The van der Waals surface area contributed by atoms with Gasteiger partial charge in [-0.2, -0.15) is 0 Å². The summed E-state index contributed by atoms with van der Waals surface area (Å²) in [6.07, 6.45) is 3.97. The molecule has 0 aromatic rings. The van der Waals surface area contributed by atoms with Crippen LogP contribution in [0.4, 0.5) is 0 Å². The van der Waals surface area contributed by atoms with E-state index in [-0.39, 0.29) is 5.54 Å². The molecular formula is C10H17NO2. The number of hydrogen-bond acceptors (Lipinski definition) is 2. The summed E-state index contributed by atoms with van der Waals surface area (Å²) >= 11 is 0. The van der Waals surface area contributed by atoms with Crippen LogP contribution in [0.3, 0.4) is 0 Å². The number of carbonyl (C=O) groups excluding carboxylic acids is 1. The first-order valence-electron chi connectivity index (χ1n) is 5.17. The van der Waals surface area contributed by atoms with E-state index < -0.39 is 0 Å². The van der Waals surface area contributed by atoms with Crippen molar-refractivity contribution in [3.05, 3.63) is 0 Å². The van der Waals surface area contributed by atoms with Crippen LogP contribution < -0.4 is 0 Å². The van der Waals surface area contributed by atoms with E-state index in [0.29, 0.717) is 5.91 Å². The van der Waals surface area contributed by atoms with Gasteiger partial charge in [0.2, 0.25) is 5.91 Å². The number of likely N-dealkylation sites (tertiary alicyclic amines) is 1. The molecule has 0 unspecified atom stereocenters. The number of amides is 1. The second-order valence-corrected chi connectivity index (χ2v) is 4.12. The number of ether oxygens (including phenoxy) is 1. The molecule has 0 radical (unpaired) electrons. The second-order valence-electron chi connectivity index (χ2n) is 4.12. The van der Waals surface area contributed by atoms with E-state index in [9.17, 15) is 4.79 Å². The van der Waals surface area contributed by atoms with E-state index in [1.807, 2.05) is 0 Å². The predicted octanol–water partition coefficient (Wildman–Crippen LogP) is 1.18. The Morgan fingerprint density at radius 1 is 1.54 bits per heavy atom. The molecule has 2 heterocycles. The molecule has 2 aliphatic rings. The Morgan fingerprint density at radius 2 is 2.31 bits per heavy atom. The summed E-state index contributed by atoms with van der Waals surface area (Å²) in [6, 6.07) is 0. The molecule has 13 heavy (non-hydrogen) atoms. The van der Waals surface area contributed by atoms with E-state index in [2.05, 4.69) is 11.8 Å². The average Bonchev–Trinajstić information content (AvgIpc) is 2.06. The highest BCUT2D eigenvalue weighted by atomic mass is 16.5. The molecule has 0 aliphatic carbocycles. The molecule has 2 saturated heterocycles. The van der Waals surface area contributed by atoms with Crippen LogP contribution in [0.15, 0.2) is 0 Å². The molecule has 1 spiro atoms. The Bertz CT molecular complexity index is 211. The van der Waals surface area contributed by atoms with E-state index in [4.69, 9.17) is 4.74 Å². The largest absolute Gasteiger partial charge is 0.376 e. The van der Waals surface area contributed by atoms with Crippen molar-refractivity contribution < 1.29 is 9.53 Å². The fourth-order valence-electron chi connectivity index (χ4n) is 2.33. The maximum absolute atomic E-state index is 11.7. The first kappa shape index (κ1) is 9.00. The van der Waals surface area contributed by atoms with Crippen molar-refractivity contribution in [2.45, 2.75) is 38.1 Å². The van der Waals surface area contributed by atoms with Crippen LogP contribution in [0, 0.1) is 0 Å². The van der Waals surface area contributed by atoms with Gasteiger partial charge in [0.25, 0.3) is 0 Å². The van der Waals surface area contributed by atoms with Gasteiger partial charge >= 0.3 is 0 Å². The van der Waals surface area contributed by atoms with Gasteiger partial charge in [-0.1, -0.05) is 6.92 Å². The molecule has 0 N–H and O–H groups in total. The zero-order valence-electron chi connectivity index (χ0n) is 8.21. The third-order valence-corrected chi connectivity index (χ3v) is 3.10. The van der Waals surface area contributed by atoms with E-state index >= 15 is 0 Å². The molecule has 1 amide bonds. The molecule has 0 aromatic heterocycles. The molecule has 3 nitrogen and oxygen atoms in total. The van der Waals surface area contributed by atoms with Gasteiger partial charge < -0.3 is 9.64 Å². The van der Waals surface area contributed by atoms with Crippen molar-refractivity contribution in [2.75, 3.05) is 19.8 Å². The van der Waals surface area contributed by atoms with Crippen molar-refractivity contribution >= 4 is 5.91 Å². The van der Waals surface area contributed by atoms with Gasteiger partial charge in [-0.3, -0.25) is 4.79 Å². The number of carbonyl (C=O) groups is 1. The summed E-state index contributed by atoms with van der Waals surface area (Å²) in [5, 5.41) is 0. The molecule has 0 saturated carbocycles. The molecule has 2 rings (SSSR count). The van der Waals surface area contributed by atoms with Crippen LogP contribution in [0.2, 0.25) is 0 Å². The highest BCUT2D eigenvalue weighted by Crippen LogP contribution is 2.35. The van der Waals surface area contributed by atoms with Crippen LogP contribution in [0.25, 0.3) is 0 Å². The van der Waals surface area contributed by atoms with Crippen molar-refractivity contribution in [3.8, 4) is 0 Å². The van der Waals surface area contributed by atoms with Crippen LogP contribution >= 0.6 is 0 Å².